The third kappa shape index (κ3) is 2.95. The van der Waals surface area contributed by atoms with E-state index in [0.717, 1.165) is 44.2 Å². The number of phenols is 1. The van der Waals surface area contributed by atoms with Crippen LogP contribution in [0.5, 0.6) is 5.75 Å². The highest BCUT2D eigenvalue weighted by Crippen LogP contribution is 2.47. The van der Waals surface area contributed by atoms with E-state index in [-0.39, 0.29) is 17.7 Å². The van der Waals surface area contributed by atoms with E-state index in [2.05, 4.69) is 38.5 Å². The van der Waals surface area contributed by atoms with Gasteiger partial charge in [-0.05, 0) is 46.5 Å². The predicted molar refractivity (Wildman–Crippen MR) is 134 cm³/mol. The summed E-state index contributed by atoms with van der Waals surface area (Å²) in [7, 11) is 0. The number of benzene rings is 3. The van der Waals surface area contributed by atoms with Crippen LogP contribution < -0.4 is 5.32 Å². The highest BCUT2D eigenvalue weighted by molar-refractivity contribution is 6.06. The number of rotatable bonds is 3. The summed E-state index contributed by atoms with van der Waals surface area (Å²) in [5.74, 6) is 0.744. The number of nitrogens with zero attached hydrogens (tertiary/aromatic N) is 2. The van der Waals surface area contributed by atoms with E-state index in [4.69, 9.17) is 4.98 Å². The lowest BCUT2D eigenvalue weighted by atomic mass is 9.98. The third-order valence-electron chi connectivity index (χ3n) is 6.65. The molecule has 0 spiro atoms. The summed E-state index contributed by atoms with van der Waals surface area (Å²) < 4.78 is 0. The van der Waals surface area contributed by atoms with E-state index < -0.39 is 0 Å². The number of hydrogen-bond acceptors (Lipinski definition) is 4. The molecular weight excluding hydrogens is 438 g/mol. The molecule has 35 heavy (non-hydrogen) atoms. The average molecular weight is 457 g/mol. The number of carbonyl (C=O) groups excluding carboxylic acids is 1. The van der Waals surface area contributed by atoms with E-state index in [1.165, 1.54) is 0 Å². The van der Waals surface area contributed by atoms with Crippen LogP contribution in [0.1, 0.15) is 27.5 Å². The first-order valence-corrected chi connectivity index (χ1v) is 11.3. The maximum absolute atomic E-state index is 13.4. The number of aromatic amines is 2. The zero-order chi connectivity index (χ0) is 23.5. The van der Waals surface area contributed by atoms with Crippen LogP contribution >= 0.6 is 0 Å². The fourth-order valence-corrected chi connectivity index (χ4v) is 5.10. The topological polar surface area (TPSA) is 107 Å². The Morgan fingerprint density at radius 3 is 2.74 bits per heavy atom. The van der Waals surface area contributed by atoms with Crippen molar-refractivity contribution in [3.05, 3.63) is 102 Å². The van der Waals surface area contributed by atoms with Crippen LogP contribution in [0, 0.1) is 0 Å². The van der Waals surface area contributed by atoms with Crippen molar-refractivity contribution in [3.63, 3.8) is 0 Å². The van der Waals surface area contributed by atoms with Gasteiger partial charge in [0.25, 0.3) is 5.91 Å². The van der Waals surface area contributed by atoms with Crippen molar-refractivity contribution in [2.45, 2.75) is 6.04 Å². The number of fused-ring (bicyclic) bond motifs is 5. The molecule has 0 bridgehead atoms. The zero-order valence-corrected chi connectivity index (χ0v) is 18.4. The van der Waals surface area contributed by atoms with Crippen molar-refractivity contribution in [1.82, 2.24) is 25.3 Å². The van der Waals surface area contributed by atoms with Gasteiger partial charge in [-0.1, -0.05) is 42.5 Å². The third-order valence-corrected chi connectivity index (χ3v) is 6.65. The van der Waals surface area contributed by atoms with E-state index in [0.29, 0.717) is 17.0 Å². The average Bonchev–Trinajstić information content (AvgIpc) is 3.60. The van der Waals surface area contributed by atoms with Gasteiger partial charge in [0.05, 0.1) is 22.6 Å². The van der Waals surface area contributed by atoms with Gasteiger partial charge >= 0.3 is 0 Å². The maximum atomic E-state index is 13.4. The highest BCUT2D eigenvalue weighted by Gasteiger charge is 2.32. The van der Waals surface area contributed by atoms with Gasteiger partial charge in [0.1, 0.15) is 17.2 Å². The number of H-pyrrole nitrogens is 2. The van der Waals surface area contributed by atoms with Gasteiger partial charge in [0.2, 0.25) is 0 Å². The molecule has 7 rings (SSSR count). The number of aromatic nitrogens is 4. The van der Waals surface area contributed by atoms with Crippen LogP contribution in [0.2, 0.25) is 0 Å². The Hall–Kier alpha value is -4.91. The molecule has 0 fully saturated rings. The normalized spacial score (nSPS) is 14.2. The lowest BCUT2D eigenvalue weighted by molar-refractivity contribution is 0.0945. The van der Waals surface area contributed by atoms with Gasteiger partial charge in [-0.3, -0.25) is 4.79 Å². The fourth-order valence-electron chi connectivity index (χ4n) is 5.10. The number of aromatic hydroxyl groups is 1. The summed E-state index contributed by atoms with van der Waals surface area (Å²) in [6.07, 6.45) is 3.43. The molecule has 6 aromatic rings. The maximum Gasteiger partial charge on any atom is 0.252 e. The molecule has 168 valence electrons. The largest absolute Gasteiger partial charge is 0.508 e. The summed E-state index contributed by atoms with van der Waals surface area (Å²) in [5.41, 5.74) is 7.90. The van der Waals surface area contributed by atoms with Crippen molar-refractivity contribution in [3.8, 4) is 28.3 Å². The van der Waals surface area contributed by atoms with E-state index in [1.54, 1.807) is 36.7 Å². The van der Waals surface area contributed by atoms with Gasteiger partial charge in [0, 0.05) is 29.4 Å². The number of pyridine rings is 1. The zero-order valence-electron chi connectivity index (χ0n) is 18.4. The van der Waals surface area contributed by atoms with Crippen molar-refractivity contribution in [2.75, 3.05) is 0 Å². The minimum atomic E-state index is -0.302. The molecular formula is C28H19N5O2. The van der Waals surface area contributed by atoms with Crippen LogP contribution in [0.4, 0.5) is 0 Å². The van der Waals surface area contributed by atoms with Gasteiger partial charge < -0.3 is 20.4 Å². The smallest absolute Gasteiger partial charge is 0.252 e. The monoisotopic (exact) mass is 457 g/mol. The van der Waals surface area contributed by atoms with Gasteiger partial charge in [0.15, 0.2) is 0 Å². The van der Waals surface area contributed by atoms with E-state index in [1.807, 2.05) is 30.3 Å². The van der Waals surface area contributed by atoms with Crippen LogP contribution in [0.15, 0.2) is 85.2 Å². The number of nitrogens with one attached hydrogen (secondary N) is 3. The number of imidazole rings is 1. The second-order valence-corrected chi connectivity index (χ2v) is 8.65. The molecule has 0 unspecified atom stereocenters. The van der Waals surface area contributed by atoms with Gasteiger partial charge in [-0.15, -0.1) is 0 Å². The number of phenolic OH excluding ortho intramolecular Hbond substituents is 1. The first kappa shape index (κ1) is 19.5. The summed E-state index contributed by atoms with van der Waals surface area (Å²) in [6, 6.07) is 22.6. The summed E-state index contributed by atoms with van der Waals surface area (Å²) in [5, 5.41) is 13.9. The minimum absolute atomic E-state index is 0.158. The highest BCUT2D eigenvalue weighted by atomic mass is 16.3. The number of amides is 1. The van der Waals surface area contributed by atoms with Crippen LogP contribution in [0.3, 0.4) is 0 Å². The molecule has 3 heterocycles. The van der Waals surface area contributed by atoms with Crippen LogP contribution in [-0.4, -0.2) is 30.9 Å². The summed E-state index contributed by atoms with van der Waals surface area (Å²) in [4.78, 5) is 28.9. The quantitative estimate of drug-likeness (QED) is 0.289. The molecule has 1 amide bonds. The molecule has 3 aromatic heterocycles. The molecule has 7 heteroatoms. The Balaban J connectivity index is 1.36. The van der Waals surface area contributed by atoms with Crippen molar-refractivity contribution in [1.29, 1.82) is 0 Å². The lowest BCUT2D eigenvalue weighted by Gasteiger charge is -2.16. The molecule has 1 atom stereocenters. The fraction of sp³-hybridized carbons (Fsp3) is 0.0357. The van der Waals surface area contributed by atoms with Crippen LogP contribution in [-0.2, 0) is 0 Å². The van der Waals surface area contributed by atoms with Crippen LogP contribution in [0.25, 0.3) is 44.6 Å². The molecule has 0 radical (unpaired) electrons. The van der Waals surface area contributed by atoms with Crippen molar-refractivity contribution >= 4 is 28.0 Å². The standard InChI is InChI=1S/C28H19N5O2/c34-15-8-9-22-23(14-15)32-27(31-22)21-7-3-6-20-24(21)16-4-1-2-5-17(16)25(20)33-28(35)19-11-13-30-26-18(19)10-12-29-26/h1-14,25,34H,(H,29,30)(H,31,32)(H,33,35)/t25-/m1/s1. The SMILES string of the molecule is O=C(N[C@@H]1c2ccccc2-c2c(-c3nc4ccc(O)cc4[nH]3)cccc21)c1ccnc2[nH]ccc12. The molecule has 3 aromatic carbocycles. The molecule has 1 aliphatic rings. The van der Waals surface area contributed by atoms with Gasteiger partial charge in [-0.25, -0.2) is 9.97 Å². The predicted octanol–water partition coefficient (Wildman–Crippen LogP) is 5.31. The van der Waals surface area contributed by atoms with Gasteiger partial charge in [-0.2, -0.15) is 0 Å². The second-order valence-electron chi connectivity index (χ2n) is 8.65. The molecule has 0 aliphatic heterocycles. The first-order valence-electron chi connectivity index (χ1n) is 11.3. The molecule has 4 N–H and O–H groups in total. The Morgan fingerprint density at radius 1 is 0.943 bits per heavy atom. The lowest BCUT2D eigenvalue weighted by Crippen LogP contribution is -2.28. The van der Waals surface area contributed by atoms with E-state index in [9.17, 15) is 9.90 Å². The molecule has 0 saturated carbocycles. The Labute approximate surface area is 199 Å². The Bertz CT molecular complexity index is 1780. The Kier molecular flexibility index (Phi) is 4.08. The van der Waals surface area contributed by atoms with E-state index >= 15 is 0 Å². The van der Waals surface area contributed by atoms with Crippen molar-refractivity contribution in [2.24, 2.45) is 0 Å². The minimum Gasteiger partial charge on any atom is -0.508 e. The first-order chi connectivity index (χ1) is 17.2. The number of hydrogen-bond donors (Lipinski definition) is 4. The molecule has 7 nitrogen and oxygen atoms in total. The summed E-state index contributed by atoms with van der Waals surface area (Å²) >= 11 is 0. The number of carbonyl (C=O) groups is 1. The molecule has 0 saturated heterocycles. The second kappa shape index (κ2) is 7.30. The molecule has 1 aliphatic carbocycles. The summed E-state index contributed by atoms with van der Waals surface area (Å²) in [6.45, 7) is 0. The van der Waals surface area contributed by atoms with Crippen molar-refractivity contribution < 1.29 is 9.90 Å². The Morgan fingerprint density at radius 2 is 1.80 bits per heavy atom.